The third-order valence-electron chi connectivity index (χ3n) is 2.75. The van der Waals surface area contributed by atoms with Gasteiger partial charge in [0.1, 0.15) is 0 Å². The molecule has 92 valence electrons. The summed E-state index contributed by atoms with van der Waals surface area (Å²) in [4.78, 5) is 3.10. The normalized spacial score (nSPS) is 14.3. The van der Waals surface area contributed by atoms with Crippen LogP contribution in [0.4, 0.5) is 0 Å². The number of aromatic amines is 1. The molecule has 1 aromatic rings. The zero-order chi connectivity index (χ0) is 12.3. The molecule has 1 atom stereocenters. The molecule has 0 aliphatic carbocycles. The van der Waals surface area contributed by atoms with Gasteiger partial charge < -0.3 is 4.98 Å². The summed E-state index contributed by atoms with van der Waals surface area (Å²) >= 11 is 5.62. The maximum absolute atomic E-state index is 12.1. The van der Waals surface area contributed by atoms with Crippen LogP contribution >= 0.6 is 11.6 Å². The average Bonchev–Trinajstić information content (AvgIpc) is 2.75. The van der Waals surface area contributed by atoms with Gasteiger partial charge in [0.2, 0.25) is 10.0 Å². The van der Waals surface area contributed by atoms with Crippen molar-refractivity contribution in [1.82, 2.24) is 9.29 Å². The lowest BCUT2D eigenvalue weighted by atomic mass is 10.3. The number of sulfonamides is 1. The van der Waals surface area contributed by atoms with Crippen molar-refractivity contribution in [3.63, 3.8) is 0 Å². The molecule has 0 aromatic carbocycles. The third kappa shape index (κ3) is 2.59. The van der Waals surface area contributed by atoms with Gasteiger partial charge in [-0.3, -0.25) is 0 Å². The predicted molar refractivity (Wildman–Crippen MR) is 65.1 cm³/mol. The number of rotatable bonds is 5. The molecule has 1 unspecified atom stereocenters. The molecule has 0 saturated carbocycles. The number of hydrogen-bond acceptors (Lipinski definition) is 2. The Morgan fingerprint density at radius 1 is 1.56 bits per heavy atom. The molecule has 6 heteroatoms. The van der Waals surface area contributed by atoms with Crippen LogP contribution in [0.3, 0.4) is 0 Å². The monoisotopic (exact) mass is 264 g/mol. The minimum absolute atomic E-state index is 0.0145. The summed E-state index contributed by atoms with van der Waals surface area (Å²) in [6.45, 7) is 3.84. The van der Waals surface area contributed by atoms with Crippen LogP contribution in [0.15, 0.2) is 17.2 Å². The van der Waals surface area contributed by atoms with Crippen molar-refractivity contribution in [2.24, 2.45) is 0 Å². The molecule has 0 aliphatic heterocycles. The highest BCUT2D eigenvalue weighted by Gasteiger charge is 2.25. The SMILES string of the molecule is CCC(C)N(C)S(=O)(=O)c1c[nH]c(CCl)c1. The van der Waals surface area contributed by atoms with Gasteiger partial charge in [-0.15, -0.1) is 11.6 Å². The van der Waals surface area contributed by atoms with E-state index in [2.05, 4.69) is 4.98 Å². The van der Waals surface area contributed by atoms with E-state index in [-0.39, 0.29) is 16.8 Å². The summed E-state index contributed by atoms with van der Waals surface area (Å²) in [6, 6.07) is 1.56. The first kappa shape index (κ1) is 13.5. The van der Waals surface area contributed by atoms with E-state index in [1.807, 2.05) is 13.8 Å². The Kier molecular flexibility index (Phi) is 4.41. The second-order valence-electron chi connectivity index (χ2n) is 3.77. The van der Waals surface area contributed by atoms with Gasteiger partial charge in [0, 0.05) is 25.0 Å². The molecular weight excluding hydrogens is 248 g/mol. The smallest absolute Gasteiger partial charge is 0.244 e. The fourth-order valence-electron chi connectivity index (χ4n) is 1.31. The van der Waals surface area contributed by atoms with Crippen molar-refractivity contribution >= 4 is 21.6 Å². The molecule has 0 bridgehead atoms. The number of nitrogens with zero attached hydrogens (tertiary/aromatic N) is 1. The van der Waals surface area contributed by atoms with Gasteiger partial charge in [0.25, 0.3) is 0 Å². The van der Waals surface area contributed by atoms with E-state index in [4.69, 9.17) is 11.6 Å². The van der Waals surface area contributed by atoms with Crippen LogP contribution in [0.25, 0.3) is 0 Å². The van der Waals surface area contributed by atoms with E-state index in [1.165, 1.54) is 10.5 Å². The quantitative estimate of drug-likeness (QED) is 0.829. The highest BCUT2D eigenvalue weighted by atomic mass is 35.5. The van der Waals surface area contributed by atoms with E-state index in [0.29, 0.717) is 5.69 Å². The number of hydrogen-bond donors (Lipinski definition) is 1. The van der Waals surface area contributed by atoms with Gasteiger partial charge in [0.05, 0.1) is 10.8 Å². The Morgan fingerprint density at radius 3 is 2.62 bits per heavy atom. The predicted octanol–water partition coefficient (Wildman–Crippen LogP) is 2.17. The molecule has 0 saturated heterocycles. The third-order valence-corrected chi connectivity index (χ3v) is 4.99. The zero-order valence-electron chi connectivity index (χ0n) is 9.70. The maximum atomic E-state index is 12.1. The van der Waals surface area contributed by atoms with Crippen LogP contribution in [-0.2, 0) is 15.9 Å². The summed E-state index contributed by atoms with van der Waals surface area (Å²) in [7, 11) is -1.80. The number of nitrogens with one attached hydrogen (secondary N) is 1. The van der Waals surface area contributed by atoms with E-state index >= 15 is 0 Å². The lowest BCUT2D eigenvalue weighted by molar-refractivity contribution is 0.380. The van der Waals surface area contributed by atoms with Gasteiger partial charge >= 0.3 is 0 Å². The molecule has 1 aromatic heterocycles. The topological polar surface area (TPSA) is 53.2 Å². The molecule has 0 fully saturated rings. The number of aromatic nitrogens is 1. The van der Waals surface area contributed by atoms with Gasteiger partial charge in [-0.2, -0.15) is 4.31 Å². The second kappa shape index (κ2) is 5.21. The molecule has 16 heavy (non-hydrogen) atoms. The van der Waals surface area contributed by atoms with Gasteiger partial charge in [-0.25, -0.2) is 8.42 Å². The fraction of sp³-hybridized carbons (Fsp3) is 0.600. The summed E-state index contributed by atoms with van der Waals surface area (Å²) in [5, 5.41) is 0. The number of alkyl halides is 1. The van der Waals surface area contributed by atoms with Crippen LogP contribution in [-0.4, -0.2) is 30.8 Å². The summed E-state index contributed by atoms with van der Waals surface area (Å²) < 4.78 is 25.6. The van der Waals surface area contributed by atoms with E-state index < -0.39 is 10.0 Å². The summed E-state index contributed by atoms with van der Waals surface area (Å²) in [6.07, 6.45) is 2.26. The van der Waals surface area contributed by atoms with Crippen molar-refractivity contribution in [3.05, 3.63) is 18.0 Å². The molecular formula is C10H17ClN2O2S. The number of H-pyrrole nitrogens is 1. The minimum atomic E-state index is -3.40. The van der Waals surface area contributed by atoms with Crippen LogP contribution in [0.5, 0.6) is 0 Å². The van der Waals surface area contributed by atoms with Crippen LogP contribution < -0.4 is 0 Å². The fourth-order valence-corrected chi connectivity index (χ4v) is 2.91. The Balaban J connectivity index is 3.01. The summed E-state index contributed by atoms with van der Waals surface area (Å²) in [5.74, 6) is 0.280. The molecule has 0 aliphatic rings. The van der Waals surface area contributed by atoms with Gasteiger partial charge in [0.15, 0.2) is 0 Å². The largest absolute Gasteiger partial charge is 0.363 e. The van der Waals surface area contributed by atoms with Crippen LogP contribution in [0, 0.1) is 0 Å². The van der Waals surface area contributed by atoms with Crippen molar-refractivity contribution in [3.8, 4) is 0 Å². The molecule has 0 radical (unpaired) electrons. The van der Waals surface area contributed by atoms with Crippen molar-refractivity contribution in [1.29, 1.82) is 0 Å². The molecule has 1 rings (SSSR count). The van der Waals surface area contributed by atoms with Crippen molar-refractivity contribution in [2.75, 3.05) is 7.05 Å². The number of halogens is 1. The van der Waals surface area contributed by atoms with Crippen LogP contribution in [0.1, 0.15) is 26.0 Å². The first-order valence-corrected chi connectivity index (χ1v) is 7.12. The highest BCUT2D eigenvalue weighted by Crippen LogP contribution is 2.19. The van der Waals surface area contributed by atoms with Crippen LogP contribution in [0.2, 0.25) is 0 Å². The molecule has 1 N–H and O–H groups in total. The lowest BCUT2D eigenvalue weighted by Gasteiger charge is -2.22. The Bertz CT molecular complexity index is 441. The Labute approximate surface area is 102 Å². The van der Waals surface area contributed by atoms with E-state index in [0.717, 1.165) is 6.42 Å². The first-order chi connectivity index (χ1) is 7.43. The molecule has 0 spiro atoms. The Morgan fingerprint density at radius 2 is 2.19 bits per heavy atom. The zero-order valence-corrected chi connectivity index (χ0v) is 11.3. The second-order valence-corrected chi connectivity index (χ2v) is 6.04. The highest BCUT2D eigenvalue weighted by molar-refractivity contribution is 7.89. The first-order valence-electron chi connectivity index (χ1n) is 5.14. The van der Waals surface area contributed by atoms with Crippen molar-refractivity contribution in [2.45, 2.75) is 37.1 Å². The standard InChI is InChI=1S/C10H17ClN2O2S/c1-4-8(2)13(3)16(14,15)10-5-9(6-11)12-7-10/h5,7-8,12H,4,6H2,1-3H3. The van der Waals surface area contributed by atoms with E-state index in [9.17, 15) is 8.42 Å². The average molecular weight is 265 g/mol. The molecule has 1 heterocycles. The Hall–Kier alpha value is -0.520. The van der Waals surface area contributed by atoms with E-state index in [1.54, 1.807) is 13.1 Å². The summed E-state index contributed by atoms with van der Waals surface area (Å²) in [5.41, 5.74) is 0.706. The lowest BCUT2D eigenvalue weighted by Crippen LogP contribution is -2.34. The molecule has 0 amide bonds. The van der Waals surface area contributed by atoms with Gasteiger partial charge in [-0.1, -0.05) is 6.92 Å². The van der Waals surface area contributed by atoms with Gasteiger partial charge in [-0.05, 0) is 19.4 Å². The minimum Gasteiger partial charge on any atom is -0.363 e. The molecule has 4 nitrogen and oxygen atoms in total. The van der Waals surface area contributed by atoms with Crippen molar-refractivity contribution < 1.29 is 8.42 Å². The maximum Gasteiger partial charge on any atom is 0.244 e.